The van der Waals surface area contributed by atoms with Gasteiger partial charge in [0.25, 0.3) is 5.09 Å². The molecule has 1 heterocycles. The Hall–Kier alpha value is -1.86. The molecule has 1 unspecified atom stereocenters. The minimum Gasteiger partial charge on any atom is -0.368 e. The number of nitrogens with zero attached hydrogens (tertiary/aromatic N) is 2. The van der Waals surface area contributed by atoms with Crippen molar-refractivity contribution in [2.45, 2.75) is 25.8 Å². The molecule has 8 heteroatoms. The zero-order chi connectivity index (χ0) is 13.0. The van der Waals surface area contributed by atoms with E-state index in [9.17, 15) is 19.7 Å². The van der Waals surface area contributed by atoms with Crippen molar-refractivity contribution in [3.05, 3.63) is 10.1 Å². The van der Waals surface area contributed by atoms with Gasteiger partial charge in [-0.25, -0.2) is 0 Å². The van der Waals surface area contributed by atoms with Crippen LogP contribution in [0.3, 0.4) is 0 Å². The van der Waals surface area contributed by atoms with Crippen molar-refractivity contribution >= 4 is 11.8 Å². The molecule has 0 bridgehead atoms. The van der Waals surface area contributed by atoms with Gasteiger partial charge in [-0.05, 0) is 6.42 Å². The Labute approximate surface area is 97.8 Å². The van der Waals surface area contributed by atoms with Crippen LogP contribution >= 0.6 is 0 Å². The van der Waals surface area contributed by atoms with E-state index in [2.05, 4.69) is 4.84 Å². The van der Waals surface area contributed by atoms with Gasteiger partial charge >= 0.3 is 0 Å². The van der Waals surface area contributed by atoms with Crippen LogP contribution in [0.5, 0.6) is 0 Å². The number of nitrogens with two attached hydrogens (primary N) is 1. The highest BCUT2D eigenvalue weighted by molar-refractivity contribution is 5.87. The van der Waals surface area contributed by atoms with Crippen LogP contribution in [0.4, 0.5) is 0 Å². The third kappa shape index (κ3) is 3.30. The lowest BCUT2D eigenvalue weighted by Gasteiger charge is -2.24. The Morgan fingerprint density at radius 1 is 1.76 bits per heavy atom. The number of amides is 2. The summed E-state index contributed by atoms with van der Waals surface area (Å²) in [5.74, 6) is -1.04. The molecule has 1 aliphatic rings. The average Bonchev–Trinajstić information content (AvgIpc) is 2.58. The second-order valence-corrected chi connectivity index (χ2v) is 3.96. The van der Waals surface area contributed by atoms with E-state index in [1.54, 1.807) is 6.92 Å². The normalized spacial score (nSPS) is 21.4. The maximum absolute atomic E-state index is 11.6. The Kier molecular flexibility index (Phi) is 4.24. The molecule has 2 N–H and O–H groups in total. The zero-order valence-electron chi connectivity index (χ0n) is 9.50. The van der Waals surface area contributed by atoms with Gasteiger partial charge in [-0.3, -0.25) is 9.59 Å². The van der Waals surface area contributed by atoms with E-state index in [1.165, 1.54) is 4.90 Å². The number of carbonyl (C=O) groups excluding carboxylic acids is 2. The highest BCUT2D eigenvalue weighted by Gasteiger charge is 2.36. The molecule has 2 atom stereocenters. The van der Waals surface area contributed by atoms with E-state index in [1.807, 2.05) is 0 Å². The first-order chi connectivity index (χ1) is 7.95. The monoisotopic (exact) mass is 245 g/mol. The van der Waals surface area contributed by atoms with Gasteiger partial charge < -0.3 is 15.5 Å². The van der Waals surface area contributed by atoms with Crippen LogP contribution in [-0.4, -0.2) is 41.0 Å². The minimum atomic E-state index is -0.890. The molecule has 8 nitrogen and oxygen atoms in total. The molecule has 1 fully saturated rings. The predicted octanol–water partition coefficient (Wildman–Crippen LogP) is -0.693. The lowest BCUT2D eigenvalue weighted by molar-refractivity contribution is -0.759. The summed E-state index contributed by atoms with van der Waals surface area (Å²) < 4.78 is 0. The number of carbonyl (C=O) groups is 2. The van der Waals surface area contributed by atoms with E-state index >= 15 is 0 Å². The standard InChI is InChI=1S/C9H15N3O5/c1-2-7(9(10)14)11-4-6(3-8(11)13)5-17-12(15)16/h6-7H,2-5H2,1H3,(H2,10,14)/t6?,7-/m1/s1. The van der Waals surface area contributed by atoms with Crippen molar-refractivity contribution in [2.24, 2.45) is 11.7 Å². The summed E-state index contributed by atoms with van der Waals surface area (Å²) in [6, 6.07) is -0.636. The summed E-state index contributed by atoms with van der Waals surface area (Å²) in [5.41, 5.74) is 5.18. The molecular formula is C9H15N3O5. The first kappa shape index (κ1) is 13.2. The van der Waals surface area contributed by atoms with Gasteiger partial charge in [0, 0.05) is 18.9 Å². The largest absolute Gasteiger partial charge is 0.368 e. The molecule has 1 rings (SSSR count). The van der Waals surface area contributed by atoms with Gasteiger partial charge in [0.05, 0.1) is 0 Å². The minimum absolute atomic E-state index is 0.134. The third-order valence-corrected chi connectivity index (χ3v) is 2.75. The maximum atomic E-state index is 11.6. The topological polar surface area (TPSA) is 116 Å². The molecule has 17 heavy (non-hydrogen) atoms. The Morgan fingerprint density at radius 3 is 2.88 bits per heavy atom. The molecule has 0 spiro atoms. The van der Waals surface area contributed by atoms with Crippen molar-refractivity contribution in [1.29, 1.82) is 0 Å². The van der Waals surface area contributed by atoms with Crippen molar-refractivity contribution < 1.29 is 19.5 Å². The van der Waals surface area contributed by atoms with Crippen LogP contribution in [0, 0.1) is 16.0 Å². The SMILES string of the molecule is CC[C@H](C(N)=O)N1CC(CO[N+](=O)[O-])CC1=O. The molecule has 0 saturated carbocycles. The average molecular weight is 245 g/mol. The van der Waals surface area contributed by atoms with Gasteiger partial charge in [0.1, 0.15) is 12.6 Å². The number of likely N-dealkylation sites (tertiary alicyclic amines) is 1. The molecular weight excluding hydrogens is 230 g/mol. The number of hydrogen-bond acceptors (Lipinski definition) is 5. The maximum Gasteiger partial charge on any atom is 0.294 e. The summed E-state index contributed by atoms with van der Waals surface area (Å²) in [6.45, 7) is 1.89. The molecule has 96 valence electrons. The Balaban J connectivity index is 2.57. The van der Waals surface area contributed by atoms with Crippen LogP contribution < -0.4 is 5.73 Å². The third-order valence-electron chi connectivity index (χ3n) is 2.75. The fourth-order valence-electron chi connectivity index (χ4n) is 1.96. The molecule has 1 aliphatic heterocycles. The van der Waals surface area contributed by atoms with Crippen molar-refractivity contribution in [2.75, 3.05) is 13.2 Å². The van der Waals surface area contributed by atoms with Crippen LogP contribution in [0.1, 0.15) is 19.8 Å². The molecule has 0 aromatic heterocycles. The second kappa shape index (κ2) is 5.46. The van der Waals surface area contributed by atoms with E-state index in [4.69, 9.17) is 5.73 Å². The van der Waals surface area contributed by atoms with Crippen molar-refractivity contribution in [3.8, 4) is 0 Å². The first-order valence-electron chi connectivity index (χ1n) is 5.31. The zero-order valence-corrected chi connectivity index (χ0v) is 9.50. The van der Waals surface area contributed by atoms with Crippen molar-refractivity contribution in [3.63, 3.8) is 0 Å². The van der Waals surface area contributed by atoms with Gasteiger partial charge in [0.15, 0.2) is 0 Å². The van der Waals surface area contributed by atoms with Gasteiger partial charge in [-0.2, -0.15) is 0 Å². The molecule has 0 radical (unpaired) electrons. The van der Waals surface area contributed by atoms with Crippen LogP contribution in [-0.2, 0) is 14.4 Å². The molecule has 0 aromatic carbocycles. The van der Waals surface area contributed by atoms with E-state index in [0.717, 1.165) is 0 Å². The van der Waals surface area contributed by atoms with Gasteiger partial charge in [-0.1, -0.05) is 6.92 Å². The Morgan fingerprint density at radius 2 is 2.41 bits per heavy atom. The van der Waals surface area contributed by atoms with Gasteiger partial charge in [-0.15, -0.1) is 10.1 Å². The fraction of sp³-hybridized carbons (Fsp3) is 0.778. The van der Waals surface area contributed by atoms with Crippen LogP contribution in [0.15, 0.2) is 0 Å². The summed E-state index contributed by atoms with van der Waals surface area (Å²) in [4.78, 5) is 38.4. The summed E-state index contributed by atoms with van der Waals surface area (Å²) in [7, 11) is 0. The lowest BCUT2D eigenvalue weighted by atomic mass is 10.1. The summed E-state index contributed by atoms with van der Waals surface area (Å²) in [5, 5.41) is 9.14. The Bertz CT molecular complexity index is 333. The summed E-state index contributed by atoms with van der Waals surface area (Å²) >= 11 is 0. The number of primary amides is 1. The fourth-order valence-corrected chi connectivity index (χ4v) is 1.96. The molecule has 1 saturated heterocycles. The number of rotatable bonds is 6. The quantitative estimate of drug-likeness (QED) is 0.491. The predicted molar refractivity (Wildman–Crippen MR) is 56.0 cm³/mol. The summed E-state index contributed by atoms with van der Waals surface area (Å²) in [6.07, 6.45) is 0.585. The van der Waals surface area contributed by atoms with E-state index in [-0.39, 0.29) is 31.4 Å². The molecule has 0 aromatic rings. The smallest absolute Gasteiger partial charge is 0.294 e. The highest BCUT2D eigenvalue weighted by Crippen LogP contribution is 2.21. The molecule has 2 amide bonds. The van der Waals surface area contributed by atoms with Gasteiger partial charge in [0.2, 0.25) is 11.8 Å². The van der Waals surface area contributed by atoms with E-state index in [0.29, 0.717) is 6.42 Å². The highest BCUT2D eigenvalue weighted by atomic mass is 16.9. The van der Waals surface area contributed by atoms with Crippen LogP contribution in [0.25, 0.3) is 0 Å². The van der Waals surface area contributed by atoms with E-state index < -0.39 is 17.0 Å². The first-order valence-corrected chi connectivity index (χ1v) is 5.31. The second-order valence-electron chi connectivity index (χ2n) is 3.96. The van der Waals surface area contributed by atoms with Crippen molar-refractivity contribution in [1.82, 2.24) is 4.90 Å². The number of hydrogen-bond donors (Lipinski definition) is 1. The lowest BCUT2D eigenvalue weighted by Crippen LogP contribution is -2.45. The molecule has 0 aliphatic carbocycles. The van der Waals surface area contributed by atoms with Crippen LogP contribution in [0.2, 0.25) is 0 Å².